The van der Waals surface area contributed by atoms with Crippen molar-refractivity contribution in [1.82, 2.24) is 24.1 Å². The van der Waals surface area contributed by atoms with Crippen LogP contribution in [0.3, 0.4) is 0 Å². The van der Waals surface area contributed by atoms with Gasteiger partial charge >= 0.3 is 0 Å². The summed E-state index contributed by atoms with van der Waals surface area (Å²) in [6.07, 6.45) is 2.32. The van der Waals surface area contributed by atoms with E-state index in [1.807, 2.05) is 71.3 Å². The lowest BCUT2D eigenvalue weighted by atomic mass is 10.1. The van der Waals surface area contributed by atoms with Gasteiger partial charge in [0.25, 0.3) is 10.0 Å². The third kappa shape index (κ3) is 5.97. The van der Waals surface area contributed by atoms with Gasteiger partial charge in [-0.15, -0.1) is 10.2 Å². The summed E-state index contributed by atoms with van der Waals surface area (Å²) in [5.74, 6) is 1.06. The van der Waals surface area contributed by atoms with E-state index in [0.29, 0.717) is 45.4 Å². The van der Waals surface area contributed by atoms with Crippen molar-refractivity contribution in [1.29, 1.82) is 0 Å². The third-order valence-electron chi connectivity index (χ3n) is 7.07. The van der Waals surface area contributed by atoms with Crippen LogP contribution in [0.1, 0.15) is 5.56 Å². The molecule has 0 atom stereocenters. The van der Waals surface area contributed by atoms with Crippen molar-refractivity contribution in [2.24, 2.45) is 0 Å². The highest BCUT2D eigenvalue weighted by Crippen LogP contribution is 2.36. The molecule has 11 heteroatoms. The highest BCUT2D eigenvalue weighted by molar-refractivity contribution is 7.99. The Kier molecular flexibility index (Phi) is 8.49. The van der Waals surface area contributed by atoms with Crippen molar-refractivity contribution >= 4 is 38.6 Å². The molecule has 6 rings (SSSR count). The summed E-state index contributed by atoms with van der Waals surface area (Å²) >= 11 is 1.25. The summed E-state index contributed by atoms with van der Waals surface area (Å²) in [6, 6.07) is 33.0. The van der Waals surface area contributed by atoms with Gasteiger partial charge in [0.1, 0.15) is 5.75 Å². The Morgan fingerprint density at radius 3 is 2.39 bits per heavy atom. The predicted octanol–water partition coefficient (Wildman–Crippen LogP) is 5.59. The molecule has 0 fully saturated rings. The number of amides is 1. The van der Waals surface area contributed by atoms with Crippen LogP contribution in [0.15, 0.2) is 125 Å². The molecule has 0 spiro atoms. The van der Waals surface area contributed by atoms with E-state index in [-0.39, 0.29) is 16.6 Å². The zero-order valence-electron chi connectivity index (χ0n) is 23.8. The number of fused-ring (bicyclic) bond motifs is 1. The molecule has 0 unspecified atom stereocenters. The molecular weight excluding hydrogens is 595 g/mol. The van der Waals surface area contributed by atoms with Crippen molar-refractivity contribution in [2.45, 2.75) is 16.5 Å². The minimum atomic E-state index is -3.90. The van der Waals surface area contributed by atoms with Crippen LogP contribution in [0.25, 0.3) is 28.0 Å². The molecule has 0 aliphatic rings. The third-order valence-corrected chi connectivity index (χ3v) is 9.69. The van der Waals surface area contributed by atoms with Crippen molar-refractivity contribution in [3.63, 3.8) is 0 Å². The number of nitrogens with one attached hydrogen (secondary N) is 1. The van der Waals surface area contributed by atoms with Gasteiger partial charge in [-0.25, -0.2) is 12.4 Å². The van der Waals surface area contributed by atoms with E-state index in [1.54, 1.807) is 55.8 Å². The van der Waals surface area contributed by atoms with E-state index in [9.17, 15) is 13.2 Å². The van der Waals surface area contributed by atoms with Crippen LogP contribution in [-0.2, 0) is 21.2 Å². The van der Waals surface area contributed by atoms with Gasteiger partial charge in [0.2, 0.25) is 5.91 Å². The van der Waals surface area contributed by atoms with Crippen LogP contribution in [0.5, 0.6) is 5.75 Å². The Balaban J connectivity index is 1.37. The lowest BCUT2D eigenvalue weighted by Gasteiger charge is -2.11. The largest absolute Gasteiger partial charge is 0.497 e. The van der Waals surface area contributed by atoms with Crippen LogP contribution in [0.4, 0.5) is 0 Å². The van der Waals surface area contributed by atoms with Gasteiger partial charge < -0.3 is 10.1 Å². The van der Waals surface area contributed by atoms with E-state index in [1.165, 1.54) is 15.7 Å². The summed E-state index contributed by atoms with van der Waals surface area (Å²) in [7, 11) is -2.32. The average Bonchev–Trinajstić information content (AvgIpc) is 3.67. The van der Waals surface area contributed by atoms with Crippen LogP contribution in [0.2, 0.25) is 0 Å². The molecule has 0 bridgehead atoms. The van der Waals surface area contributed by atoms with Crippen molar-refractivity contribution in [3.8, 4) is 22.8 Å². The van der Waals surface area contributed by atoms with Gasteiger partial charge in [-0.1, -0.05) is 84.6 Å². The summed E-state index contributed by atoms with van der Waals surface area (Å²) in [4.78, 5) is 13.0. The standard InChI is InChI=1S/C33H29N5O4S2/c1-42-26-14-10-13-25(21-26)38-32(35-36-33(38)43-23-31(39)34-20-19-24-11-4-2-5-12-24)29-22-37(30-18-9-8-17-28(29)30)44(40,41)27-15-6-3-7-16-27/h2-18,21-22H,19-20,23H2,1H3,(H,34,39). The summed E-state index contributed by atoms with van der Waals surface area (Å²) in [5, 5.41) is 13.1. The quantitative estimate of drug-likeness (QED) is 0.188. The number of thioether (sulfide) groups is 1. The number of carbonyl (C=O) groups excluding carboxylic acids is 1. The Labute approximate surface area is 259 Å². The second-order valence-corrected chi connectivity index (χ2v) is 12.6. The van der Waals surface area contributed by atoms with Gasteiger partial charge in [-0.3, -0.25) is 9.36 Å². The van der Waals surface area contributed by atoms with E-state index in [2.05, 4.69) is 15.5 Å². The fourth-order valence-electron chi connectivity index (χ4n) is 4.93. The first kappa shape index (κ1) is 29.2. The molecule has 0 saturated heterocycles. The molecule has 9 nitrogen and oxygen atoms in total. The molecule has 2 aromatic heterocycles. The zero-order chi connectivity index (χ0) is 30.5. The number of para-hydroxylation sites is 1. The number of benzene rings is 4. The van der Waals surface area contributed by atoms with Crippen LogP contribution in [0, 0.1) is 0 Å². The minimum absolute atomic E-state index is 0.126. The molecule has 4 aromatic carbocycles. The number of rotatable bonds is 11. The maximum atomic E-state index is 13.7. The number of hydrogen-bond donors (Lipinski definition) is 1. The van der Waals surface area contributed by atoms with E-state index in [4.69, 9.17) is 4.74 Å². The van der Waals surface area contributed by atoms with E-state index < -0.39 is 10.0 Å². The Bertz CT molecular complexity index is 2020. The number of hydrogen-bond acceptors (Lipinski definition) is 7. The summed E-state index contributed by atoms with van der Waals surface area (Å²) < 4.78 is 36.1. The van der Waals surface area contributed by atoms with Crippen LogP contribution < -0.4 is 10.1 Å². The molecule has 0 radical (unpaired) electrons. The van der Waals surface area contributed by atoms with E-state index >= 15 is 0 Å². The number of aromatic nitrogens is 4. The molecule has 1 N–H and O–H groups in total. The van der Waals surface area contributed by atoms with Gasteiger partial charge in [-0.05, 0) is 42.3 Å². The molecule has 44 heavy (non-hydrogen) atoms. The molecule has 1 amide bonds. The molecule has 2 heterocycles. The lowest BCUT2D eigenvalue weighted by Crippen LogP contribution is -2.27. The maximum Gasteiger partial charge on any atom is 0.268 e. The Morgan fingerprint density at radius 1 is 0.886 bits per heavy atom. The molecular formula is C33H29N5O4S2. The summed E-state index contributed by atoms with van der Waals surface area (Å²) in [6.45, 7) is 0.520. The monoisotopic (exact) mass is 623 g/mol. The van der Waals surface area contributed by atoms with Crippen molar-refractivity contribution in [2.75, 3.05) is 19.4 Å². The zero-order valence-corrected chi connectivity index (χ0v) is 25.5. The first-order valence-electron chi connectivity index (χ1n) is 13.9. The van der Waals surface area contributed by atoms with Gasteiger partial charge in [0.15, 0.2) is 11.0 Å². The second kappa shape index (κ2) is 12.8. The van der Waals surface area contributed by atoms with Gasteiger partial charge in [0, 0.05) is 29.8 Å². The first-order valence-corrected chi connectivity index (χ1v) is 16.3. The fraction of sp³-hybridized carbons (Fsp3) is 0.121. The Morgan fingerprint density at radius 2 is 1.61 bits per heavy atom. The molecule has 0 aliphatic heterocycles. The predicted molar refractivity (Wildman–Crippen MR) is 172 cm³/mol. The molecule has 222 valence electrons. The molecule has 6 aromatic rings. The maximum absolute atomic E-state index is 13.7. The SMILES string of the molecule is COc1cccc(-n2c(SCC(=O)NCCc3ccccc3)nnc2-c2cn(S(=O)(=O)c3ccccc3)c3ccccc23)c1. The number of nitrogens with zero attached hydrogens (tertiary/aromatic N) is 4. The van der Waals surface area contributed by atoms with Crippen molar-refractivity contribution < 1.29 is 17.9 Å². The highest BCUT2D eigenvalue weighted by Gasteiger charge is 2.25. The van der Waals surface area contributed by atoms with Gasteiger partial charge in [0.05, 0.1) is 29.0 Å². The first-order chi connectivity index (χ1) is 21.5. The molecule has 0 saturated carbocycles. The average molecular weight is 624 g/mol. The highest BCUT2D eigenvalue weighted by atomic mass is 32.2. The van der Waals surface area contributed by atoms with Crippen LogP contribution in [-0.4, -0.2) is 52.5 Å². The number of ether oxygens (including phenoxy) is 1. The topological polar surface area (TPSA) is 108 Å². The lowest BCUT2D eigenvalue weighted by molar-refractivity contribution is -0.118. The summed E-state index contributed by atoms with van der Waals surface area (Å²) in [5.41, 5.74) is 2.95. The number of carbonyl (C=O) groups is 1. The second-order valence-electron chi connectivity index (χ2n) is 9.89. The Hall–Kier alpha value is -4.87. The van der Waals surface area contributed by atoms with Crippen LogP contribution >= 0.6 is 11.8 Å². The van der Waals surface area contributed by atoms with Crippen molar-refractivity contribution in [3.05, 3.63) is 121 Å². The van der Waals surface area contributed by atoms with Gasteiger partial charge in [-0.2, -0.15) is 0 Å². The molecule has 0 aliphatic carbocycles. The normalized spacial score (nSPS) is 11.5. The van der Waals surface area contributed by atoms with E-state index in [0.717, 1.165) is 12.0 Å². The fourth-order valence-corrected chi connectivity index (χ4v) is 7.10. The minimum Gasteiger partial charge on any atom is -0.497 e. The number of methoxy groups -OCH3 is 1. The smallest absolute Gasteiger partial charge is 0.268 e.